The van der Waals surface area contributed by atoms with Gasteiger partial charge in [-0.1, -0.05) is 29.8 Å². The van der Waals surface area contributed by atoms with Gasteiger partial charge in [-0.25, -0.2) is 4.79 Å². The fourth-order valence-corrected chi connectivity index (χ4v) is 3.20. The molecule has 0 aliphatic carbocycles. The zero-order valence-corrected chi connectivity index (χ0v) is 15.2. The second kappa shape index (κ2) is 8.07. The Morgan fingerprint density at radius 2 is 1.96 bits per heavy atom. The Morgan fingerprint density at radius 1 is 1.22 bits per heavy atom. The number of rotatable bonds is 4. The predicted molar refractivity (Wildman–Crippen MR) is 102 cm³/mol. The number of aliphatic carboxylic acids is 1. The molecular weight excluding hydrogens is 346 g/mol. The van der Waals surface area contributed by atoms with Crippen LogP contribution in [-0.2, 0) is 11.3 Å². The van der Waals surface area contributed by atoms with E-state index in [-0.39, 0.29) is 17.8 Å². The molecule has 1 saturated heterocycles. The number of carbonyl (C=O) groups excluding carboxylic acids is 1. The topological polar surface area (TPSA) is 91.6 Å². The van der Waals surface area contributed by atoms with Crippen molar-refractivity contribution in [1.82, 2.24) is 9.47 Å². The Kier molecular flexibility index (Phi) is 5.59. The van der Waals surface area contributed by atoms with Gasteiger partial charge >= 0.3 is 12.0 Å². The quantitative estimate of drug-likeness (QED) is 0.866. The van der Waals surface area contributed by atoms with Gasteiger partial charge in [0.15, 0.2) is 0 Å². The Hall–Kier alpha value is -3.09. The fourth-order valence-electron chi connectivity index (χ4n) is 3.20. The molecule has 0 saturated carbocycles. The Balaban J connectivity index is 1.72. The van der Waals surface area contributed by atoms with Crippen LogP contribution in [0.1, 0.15) is 24.0 Å². The predicted octanol–water partition coefficient (Wildman–Crippen LogP) is 2.53. The normalized spacial score (nSPS) is 16.8. The van der Waals surface area contributed by atoms with Crippen LogP contribution in [-0.4, -0.2) is 39.7 Å². The van der Waals surface area contributed by atoms with Gasteiger partial charge in [0, 0.05) is 19.3 Å². The molecule has 1 aromatic carbocycles. The molecule has 0 spiro atoms. The lowest BCUT2D eigenvalue weighted by atomic mass is 9.99. The monoisotopic (exact) mass is 369 g/mol. The molecule has 1 aliphatic rings. The highest BCUT2D eigenvalue weighted by Gasteiger charge is 2.28. The third-order valence-electron chi connectivity index (χ3n) is 4.79. The molecule has 142 valence electrons. The lowest BCUT2D eigenvalue weighted by Gasteiger charge is -2.30. The van der Waals surface area contributed by atoms with Crippen molar-refractivity contribution in [3.63, 3.8) is 0 Å². The summed E-state index contributed by atoms with van der Waals surface area (Å²) in [5.41, 5.74) is 2.03. The third-order valence-corrected chi connectivity index (χ3v) is 4.79. The highest BCUT2D eigenvalue weighted by molar-refractivity contribution is 5.89. The van der Waals surface area contributed by atoms with Crippen molar-refractivity contribution >= 4 is 17.7 Å². The minimum Gasteiger partial charge on any atom is -0.481 e. The Labute approximate surface area is 157 Å². The lowest BCUT2D eigenvalue weighted by Crippen LogP contribution is -2.45. The third kappa shape index (κ3) is 4.55. The minimum absolute atomic E-state index is 0.158. The van der Waals surface area contributed by atoms with Gasteiger partial charge in [0.2, 0.25) is 0 Å². The molecule has 1 aliphatic heterocycles. The summed E-state index contributed by atoms with van der Waals surface area (Å²) in [5.74, 6) is -1.45. The minimum atomic E-state index is -0.896. The number of nitrogens with zero attached hydrogens (tertiary/aromatic N) is 2. The van der Waals surface area contributed by atoms with Gasteiger partial charge < -0.3 is 19.9 Å². The first-order valence-electron chi connectivity index (χ1n) is 8.98. The molecule has 2 N–H and O–H groups in total. The number of benzene rings is 1. The molecule has 0 bridgehead atoms. The van der Waals surface area contributed by atoms with Crippen LogP contribution < -0.4 is 10.9 Å². The fraction of sp³-hybridized carbons (Fsp3) is 0.350. The van der Waals surface area contributed by atoms with Gasteiger partial charge in [0.1, 0.15) is 5.69 Å². The average molecular weight is 369 g/mol. The summed E-state index contributed by atoms with van der Waals surface area (Å²) in [7, 11) is 0. The van der Waals surface area contributed by atoms with Crippen LogP contribution >= 0.6 is 0 Å². The number of urea groups is 1. The van der Waals surface area contributed by atoms with E-state index in [1.54, 1.807) is 18.3 Å². The van der Waals surface area contributed by atoms with E-state index in [1.807, 2.05) is 31.2 Å². The van der Waals surface area contributed by atoms with Crippen LogP contribution in [0, 0.1) is 12.8 Å². The zero-order chi connectivity index (χ0) is 19.4. The lowest BCUT2D eigenvalue weighted by molar-refractivity contribution is -0.143. The van der Waals surface area contributed by atoms with Gasteiger partial charge in [0.25, 0.3) is 5.56 Å². The molecule has 7 nitrogen and oxygen atoms in total. The van der Waals surface area contributed by atoms with Crippen molar-refractivity contribution in [2.24, 2.45) is 5.92 Å². The average Bonchev–Trinajstić information content (AvgIpc) is 2.66. The number of aromatic nitrogens is 1. The number of amides is 2. The molecule has 1 unspecified atom stereocenters. The second-order valence-corrected chi connectivity index (χ2v) is 6.89. The van der Waals surface area contributed by atoms with E-state index in [0.29, 0.717) is 25.9 Å². The van der Waals surface area contributed by atoms with Crippen molar-refractivity contribution in [3.8, 4) is 0 Å². The molecule has 1 aromatic heterocycles. The van der Waals surface area contributed by atoms with Crippen molar-refractivity contribution in [1.29, 1.82) is 0 Å². The van der Waals surface area contributed by atoms with E-state index in [4.69, 9.17) is 5.11 Å². The second-order valence-electron chi connectivity index (χ2n) is 6.89. The molecule has 2 heterocycles. The number of piperidine rings is 1. The first-order chi connectivity index (χ1) is 12.9. The van der Waals surface area contributed by atoms with Crippen LogP contribution in [0.15, 0.2) is 47.4 Å². The van der Waals surface area contributed by atoms with E-state index in [2.05, 4.69) is 5.32 Å². The Bertz CT molecular complexity index is 889. The highest BCUT2D eigenvalue weighted by Crippen LogP contribution is 2.17. The smallest absolute Gasteiger partial charge is 0.322 e. The van der Waals surface area contributed by atoms with Gasteiger partial charge in [-0.3, -0.25) is 9.59 Å². The zero-order valence-electron chi connectivity index (χ0n) is 15.2. The summed E-state index contributed by atoms with van der Waals surface area (Å²) in [4.78, 5) is 37.8. The number of hydrogen-bond donors (Lipinski definition) is 2. The molecule has 2 aromatic rings. The summed E-state index contributed by atoms with van der Waals surface area (Å²) < 4.78 is 1.54. The SMILES string of the molecule is Cc1ccc(Cn2cccc(NC(=O)N3CCCC(C(=O)O)C3)c2=O)cc1. The van der Waals surface area contributed by atoms with E-state index < -0.39 is 17.9 Å². The first kappa shape index (κ1) is 18.7. The number of hydrogen-bond acceptors (Lipinski definition) is 3. The molecule has 7 heteroatoms. The molecule has 3 rings (SSSR count). The van der Waals surface area contributed by atoms with Crippen molar-refractivity contribution < 1.29 is 14.7 Å². The van der Waals surface area contributed by atoms with Crippen LogP contribution in [0.4, 0.5) is 10.5 Å². The molecule has 1 fully saturated rings. The summed E-state index contributed by atoms with van der Waals surface area (Å²) in [6, 6.07) is 10.7. The molecule has 1 atom stereocenters. The largest absolute Gasteiger partial charge is 0.481 e. The van der Waals surface area contributed by atoms with Gasteiger partial charge in [0.05, 0.1) is 12.5 Å². The van der Waals surface area contributed by atoms with Crippen molar-refractivity contribution in [3.05, 3.63) is 64.1 Å². The molecular formula is C20H23N3O4. The number of carboxylic acid groups (broad SMARTS) is 1. The van der Waals surface area contributed by atoms with Crippen LogP contribution in [0.3, 0.4) is 0 Å². The maximum Gasteiger partial charge on any atom is 0.322 e. The summed E-state index contributed by atoms with van der Waals surface area (Å²) in [6.45, 7) is 3.06. The standard InChI is InChI=1S/C20H23N3O4/c1-14-6-8-15(9-7-14)12-22-10-3-5-17(18(22)24)21-20(27)23-11-2-4-16(13-23)19(25)26/h3,5-10,16H,2,4,11-13H2,1H3,(H,21,27)(H,25,26). The number of likely N-dealkylation sites (tertiary alicyclic amines) is 1. The van der Waals surface area contributed by atoms with Crippen LogP contribution in [0.5, 0.6) is 0 Å². The molecule has 2 amide bonds. The van der Waals surface area contributed by atoms with E-state index in [0.717, 1.165) is 11.1 Å². The number of nitrogens with one attached hydrogen (secondary N) is 1. The van der Waals surface area contributed by atoms with E-state index >= 15 is 0 Å². The molecule has 27 heavy (non-hydrogen) atoms. The maximum atomic E-state index is 12.7. The summed E-state index contributed by atoms with van der Waals surface area (Å²) in [5, 5.41) is 11.8. The summed E-state index contributed by atoms with van der Waals surface area (Å²) in [6.07, 6.45) is 2.88. The van der Waals surface area contributed by atoms with Gasteiger partial charge in [-0.15, -0.1) is 0 Å². The van der Waals surface area contributed by atoms with E-state index in [9.17, 15) is 14.4 Å². The van der Waals surface area contributed by atoms with Gasteiger partial charge in [-0.05, 0) is 37.5 Å². The first-order valence-corrected chi connectivity index (χ1v) is 8.98. The summed E-state index contributed by atoms with van der Waals surface area (Å²) >= 11 is 0. The number of anilines is 1. The number of aryl methyl sites for hydroxylation is 1. The van der Waals surface area contributed by atoms with Gasteiger partial charge in [-0.2, -0.15) is 0 Å². The highest BCUT2D eigenvalue weighted by atomic mass is 16.4. The van der Waals surface area contributed by atoms with Crippen molar-refractivity contribution in [2.45, 2.75) is 26.3 Å². The number of pyridine rings is 1. The van der Waals surface area contributed by atoms with Crippen LogP contribution in [0.25, 0.3) is 0 Å². The van der Waals surface area contributed by atoms with E-state index in [1.165, 1.54) is 9.47 Å². The van der Waals surface area contributed by atoms with Crippen LogP contribution in [0.2, 0.25) is 0 Å². The Morgan fingerprint density at radius 3 is 2.67 bits per heavy atom. The maximum absolute atomic E-state index is 12.7. The van der Waals surface area contributed by atoms with Crippen molar-refractivity contribution in [2.75, 3.05) is 18.4 Å². The number of carboxylic acids is 1. The number of carbonyl (C=O) groups is 2. The molecule has 0 radical (unpaired) electrons.